The fourth-order valence-corrected chi connectivity index (χ4v) is 1.80. The maximum Gasteiger partial charge on any atom is 0.249 e. The number of hydrogen-bond donors (Lipinski definition) is 2. The second kappa shape index (κ2) is 7.54. The summed E-state index contributed by atoms with van der Waals surface area (Å²) in [6, 6.07) is 8.23. The molecule has 0 saturated heterocycles. The van der Waals surface area contributed by atoms with Crippen molar-refractivity contribution in [2.45, 2.75) is 13.3 Å². The molecule has 2 rings (SSSR count). The molecule has 0 bridgehead atoms. The summed E-state index contributed by atoms with van der Waals surface area (Å²) in [5.74, 6) is 1.22. The molecule has 2 aromatic rings. The minimum atomic E-state index is 0.495. The number of nitrogens with zero attached hydrogens (tertiary/aromatic N) is 4. The van der Waals surface area contributed by atoms with Crippen LogP contribution in [0.1, 0.15) is 12.5 Å². The third-order valence-electron chi connectivity index (χ3n) is 3.04. The van der Waals surface area contributed by atoms with Crippen molar-refractivity contribution in [3.8, 4) is 0 Å². The second-order valence-corrected chi connectivity index (χ2v) is 5.07. The van der Waals surface area contributed by atoms with Gasteiger partial charge in [-0.25, -0.2) is 0 Å². The molecule has 0 fully saturated rings. The summed E-state index contributed by atoms with van der Waals surface area (Å²) in [7, 11) is 4.07. The van der Waals surface area contributed by atoms with Crippen LogP contribution < -0.4 is 10.6 Å². The van der Waals surface area contributed by atoms with Crippen molar-refractivity contribution in [3.05, 3.63) is 36.0 Å². The first-order valence-corrected chi connectivity index (χ1v) is 7.11. The second-order valence-electron chi connectivity index (χ2n) is 5.07. The van der Waals surface area contributed by atoms with E-state index in [9.17, 15) is 0 Å². The number of aromatic nitrogens is 3. The number of rotatable bonds is 7. The van der Waals surface area contributed by atoms with Crippen LogP contribution in [0.3, 0.4) is 0 Å². The first-order valence-electron chi connectivity index (χ1n) is 7.11. The topological polar surface area (TPSA) is 66.0 Å². The van der Waals surface area contributed by atoms with Crippen molar-refractivity contribution in [1.82, 2.24) is 20.1 Å². The van der Waals surface area contributed by atoms with Gasteiger partial charge in [0.15, 0.2) is 5.82 Å². The third kappa shape index (κ3) is 5.00. The van der Waals surface area contributed by atoms with Crippen molar-refractivity contribution in [3.63, 3.8) is 0 Å². The molecule has 0 unspecified atom stereocenters. The van der Waals surface area contributed by atoms with Gasteiger partial charge in [-0.15, -0.1) is 5.10 Å². The van der Waals surface area contributed by atoms with Crippen LogP contribution in [0.2, 0.25) is 0 Å². The minimum absolute atomic E-state index is 0.495. The lowest BCUT2D eigenvalue weighted by Gasteiger charge is -2.11. The van der Waals surface area contributed by atoms with Crippen molar-refractivity contribution in [2.75, 3.05) is 37.8 Å². The molecular weight excluding hydrogens is 264 g/mol. The van der Waals surface area contributed by atoms with Gasteiger partial charge in [-0.2, -0.15) is 10.1 Å². The Hall–Kier alpha value is -2.21. The summed E-state index contributed by atoms with van der Waals surface area (Å²) in [6.45, 7) is 3.89. The Bertz CT molecular complexity index is 552. The van der Waals surface area contributed by atoms with Crippen LogP contribution in [-0.4, -0.2) is 47.3 Å². The zero-order valence-electron chi connectivity index (χ0n) is 12.8. The van der Waals surface area contributed by atoms with E-state index in [1.54, 1.807) is 6.20 Å². The van der Waals surface area contributed by atoms with Gasteiger partial charge >= 0.3 is 0 Å². The molecule has 0 aliphatic heterocycles. The predicted octanol–water partition coefficient (Wildman–Crippen LogP) is 2.15. The predicted molar refractivity (Wildman–Crippen MR) is 86.0 cm³/mol. The van der Waals surface area contributed by atoms with Gasteiger partial charge in [-0.1, -0.05) is 19.1 Å². The van der Waals surface area contributed by atoms with Crippen LogP contribution in [0.25, 0.3) is 0 Å². The van der Waals surface area contributed by atoms with Crippen LogP contribution in [0, 0.1) is 0 Å². The number of nitrogens with one attached hydrogen (secondary N) is 2. The first-order chi connectivity index (χ1) is 10.2. The molecule has 0 radical (unpaired) electrons. The Labute approximate surface area is 125 Å². The molecule has 0 aliphatic carbocycles. The number of anilines is 3. The highest BCUT2D eigenvalue weighted by Gasteiger charge is 2.01. The summed E-state index contributed by atoms with van der Waals surface area (Å²) in [5, 5.41) is 14.3. The van der Waals surface area contributed by atoms with Gasteiger partial charge in [0, 0.05) is 18.8 Å². The van der Waals surface area contributed by atoms with Crippen molar-refractivity contribution < 1.29 is 0 Å². The number of aryl methyl sites for hydroxylation is 1. The van der Waals surface area contributed by atoms with Gasteiger partial charge in [0.25, 0.3) is 0 Å². The SMILES string of the molecule is CCc1ccc(Nc2nncc(NCCN(C)C)n2)cc1. The lowest BCUT2D eigenvalue weighted by molar-refractivity contribution is 0.425. The highest BCUT2D eigenvalue weighted by molar-refractivity contribution is 5.54. The lowest BCUT2D eigenvalue weighted by Crippen LogP contribution is -2.21. The molecule has 1 heterocycles. The van der Waals surface area contributed by atoms with Gasteiger partial charge < -0.3 is 15.5 Å². The van der Waals surface area contributed by atoms with Gasteiger partial charge in [0.1, 0.15) is 0 Å². The average Bonchev–Trinajstić information content (AvgIpc) is 2.48. The fraction of sp³-hybridized carbons (Fsp3) is 0.400. The highest BCUT2D eigenvalue weighted by atomic mass is 15.3. The fourth-order valence-electron chi connectivity index (χ4n) is 1.80. The van der Waals surface area contributed by atoms with Crippen molar-refractivity contribution >= 4 is 17.5 Å². The first kappa shape index (κ1) is 15.2. The summed E-state index contributed by atoms with van der Waals surface area (Å²) in [4.78, 5) is 6.50. The van der Waals surface area contributed by atoms with E-state index in [1.165, 1.54) is 5.56 Å². The third-order valence-corrected chi connectivity index (χ3v) is 3.04. The largest absolute Gasteiger partial charge is 0.367 e. The molecule has 0 atom stereocenters. The number of hydrogen-bond acceptors (Lipinski definition) is 6. The quantitative estimate of drug-likeness (QED) is 0.813. The lowest BCUT2D eigenvalue weighted by atomic mass is 10.1. The Balaban J connectivity index is 1.96. The monoisotopic (exact) mass is 286 g/mol. The Morgan fingerprint density at radius 3 is 2.57 bits per heavy atom. The Kier molecular flexibility index (Phi) is 5.45. The molecule has 21 heavy (non-hydrogen) atoms. The van der Waals surface area contributed by atoms with Crippen LogP contribution in [-0.2, 0) is 6.42 Å². The summed E-state index contributed by atoms with van der Waals surface area (Å²) in [5.41, 5.74) is 2.26. The molecule has 1 aromatic carbocycles. The Morgan fingerprint density at radius 1 is 1.14 bits per heavy atom. The smallest absolute Gasteiger partial charge is 0.249 e. The molecular formula is C15H22N6. The van der Waals surface area contributed by atoms with E-state index >= 15 is 0 Å². The molecule has 0 saturated carbocycles. The Morgan fingerprint density at radius 2 is 1.90 bits per heavy atom. The molecule has 0 spiro atoms. The van der Waals surface area contributed by atoms with E-state index in [4.69, 9.17) is 0 Å². The molecule has 0 amide bonds. The van der Waals surface area contributed by atoms with E-state index in [0.717, 1.165) is 31.0 Å². The van der Waals surface area contributed by atoms with E-state index in [2.05, 4.69) is 49.8 Å². The standard InChI is InChI=1S/C15H22N6/c1-4-12-5-7-13(8-6-12)18-15-19-14(11-17-20-15)16-9-10-21(2)3/h5-8,11H,4,9-10H2,1-3H3,(H2,16,18,19,20). The average molecular weight is 286 g/mol. The van der Waals surface area contributed by atoms with Gasteiger partial charge in [-0.05, 0) is 38.2 Å². The molecule has 0 aliphatic rings. The highest BCUT2D eigenvalue weighted by Crippen LogP contribution is 2.14. The number of likely N-dealkylation sites (N-methyl/N-ethyl adjacent to an activating group) is 1. The molecule has 6 nitrogen and oxygen atoms in total. The van der Waals surface area contributed by atoms with Crippen molar-refractivity contribution in [2.24, 2.45) is 0 Å². The molecule has 2 N–H and O–H groups in total. The molecule has 1 aromatic heterocycles. The van der Waals surface area contributed by atoms with E-state index in [0.29, 0.717) is 5.95 Å². The maximum absolute atomic E-state index is 4.39. The normalized spacial score (nSPS) is 10.7. The maximum atomic E-state index is 4.39. The zero-order chi connectivity index (χ0) is 15.1. The summed E-state index contributed by atoms with van der Waals surface area (Å²) >= 11 is 0. The van der Waals surface area contributed by atoms with Crippen molar-refractivity contribution in [1.29, 1.82) is 0 Å². The van der Waals surface area contributed by atoms with E-state index < -0.39 is 0 Å². The summed E-state index contributed by atoms with van der Waals surface area (Å²) < 4.78 is 0. The van der Waals surface area contributed by atoms with Gasteiger partial charge in [-0.3, -0.25) is 0 Å². The minimum Gasteiger partial charge on any atom is -0.367 e. The van der Waals surface area contributed by atoms with Crippen LogP contribution in [0.4, 0.5) is 17.5 Å². The van der Waals surface area contributed by atoms with Crippen LogP contribution >= 0.6 is 0 Å². The van der Waals surface area contributed by atoms with Crippen LogP contribution in [0.15, 0.2) is 30.5 Å². The van der Waals surface area contributed by atoms with Crippen LogP contribution in [0.5, 0.6) is 0 Å². The van der Waals surface area contributed by atoms with E-state index in [1.807, 2.05) is 26.2 Å². The van der Waals surface area contributed by atoms with Gasteiger partial charge in [0.2, 0.25) is 5.95 Å². The number of benzene rings is 1. The van der Waals surface area contributed by atoms with E-state index in [-0.39, 0.29) is 0 Å². The van der Waals surface area contributed by atoms with Gasteiger partial charge in [0.05, 0.1) is 6.20 Å². The molecule has 6 heteroatoms. The zero-order valence-corrected chi connectivity index (χ0v) is 12.8. The molecule has 112 valence electrons. The summed E-state index contributed by atoms with van der Waals surface area (Å²) in [6.07, 6.45) is 2.66.